The number of nitrogens with two attached hydrogens (primary N) is 2. The largest absolute Gasteiger partial charge is 0.477 e. The predicted molar refractivity (Wildman–Crippen MR) is 334 cm³/mol. The second kappa shape index (κ2) is 30.2. The van der Waals surface area contributed by atoms with Crippen LogP contribution in [-0.4, -0.2) is 87.7 Å². The number of carbonyl (C=O) groups is 3. The monoisotopic (exact) mass is 1460 g/mol. The molecule has 508 valence electrons. The number of alkyl halides is 18. The Hall–Kier alpha value is -7.22. The van der Waals surface area contributed by atoms with Crippen molar-refractivity contribution in [3.8, 4) is 0 Å². The summed E-state index contributed by atoms with van der Waals surface area (Å²) in [4.78, 5) is 50.2. The average Bonchev–Trinajstić information content (AvgIpc) is 1.63. The molecule has 13 nitrogen and oxygen atoms in total. The van der Waals surface area contributed by atoms with Gasteiger partial charge in [0.25, 0.3) is 11.8 Å². The summed E-state index contributed by atoms with van der Waals surface area (Å²) >= 11 is 6.68. The number of allylic oxidation sites excluding steroid dienone is 4. The maximum Gasteiger partial charge on any atom is 0.433 e. The van der Waals surface area contributed by atoms with Crippen molar-refractivity contribution in [2.45, 2.75) is 72.9 Å². The molecule has 1 aliphatic carbocycles. The molecule has 0 radical (unpaired) electrons. The fourth-order valence-electron chi connectivity index (χ4n) is 8.46. The van der Waals surface area contributed by atoms with Gasteiger partial charge in [0.15, 0.2) is 0 Å². The minimum Gasteiger partial charge on any atom is -0.477 e. The highest BCUT2D eigenvalue weighted by Gasteiger charge is 2.43. The summed E-state index contributed by atoms with van der Waals surface area (Å²) in [5.74, 6) is -0.860. The van der Waals surface area contributed by atoms with Crippen LogP contribution < -0.4 is 32.3 Å². The van der Waals surface area contributed by atoms with Crippen LogP contribution in [0.1, 0.15) is 68.3 Å². The van der Waals surface area contributed by atoms with E-state index < -0.39 is 93.9 Å². The number of nitrogen functional groups attached to an aromatic ring is 2. The van der Waals surface area contributed by atoms with Gasteiger partial charge in [-0.2, -0.15) is 79.0 Å². The van der Waals surface area contributed by atoms with Crippen molar-refractivity contribution in [2.24, 2.45) is 5.92 Å². The number of carboxylic acids is 1. The highest BCUT2D eigenvalue weighted by atomic mass is 32.2. The van der Waals surface area contributed by atoms with E-state index in [1.165, 1.54) is 67.6 Å². The number of benzene rings is 2. The number of thiophene rings is 2. The van der Waals surface area contributed by atoms with Crippen molar-refractivity contribution in [1.29, 1.82) is 0 Å². The zero-order valence-corrected chi connectivity index (χ0v) is 53.7. The molecule has 9 rings (SSSR count). The smallest absolute Gasteiger partial charge is 0.433 e. The molecule has 0 bridgehead atoms. The highest BCUT2D eigenvalue weighted by molar-refractivity contribution is 8.08. The second-order valence-electron chi connectivity index (χ2n) is 19.0. The maximum atomic E-state index is 13.1. The van der Waals surface area contributed by atoms with Crippen LogP contribution in [-0.2, 0) is 35.7 Å². The topological polar surface area (TPSA) is 201 Å². The second-order valence-corrected chi connectivity index (χ2v) is 26.2. The molecule has 2 aromatic carbocycles. The number of nitrogens with one attached hydrogen (secondary N) is 3. The Kier molecular flexibility index (Phi) is 24.4. The summed E-state index contributed by atoms with van der Waals surface area (Å²) in [5.41, 5.74) is 5.38. The van der Waals surface area contributed by atoms with E-state index >= 15 is 0 Å². The van der Waals surface area contributed by atoms with Gasteiger partial charge in [-0.25, -0.2) is 19.7 Å². The molecular weight excluding hydrogens is 1410 g/mol. The van der Waals surface area contributed by atoms with Crippen LogP contribution in [0, 0.1) is 5.92 Å². The first kappa shape index (κ1) is 75.8. The fraction of sp³-hybridized carbons (Fsp3) is 0.298. The number of hydrogen-bond donors (Lipinski definition) is 6. The van der Waals surface area contributed by atoms with Crippen molar-refractivity contribution >= 4 is 142 Å². The number of carboxylic acid groups (broad SMARTS) is 1. The maximum absolute atomic E-state index is 13.1. The molecule has 2 unspecified atom stereocenters. The molecule has 94 heavy (non-hydrogen) atoms. The molecule has 0 spiro atoms. The van der Waals surface area contributed by atoms with Gasteiger partial charge in [0.2, 0.25) is 0 Å². The van der Waals surface area contributed by atoms with Crippen LogP contribution in [0.2, 0.25) is 0 Å². The van der Waals surface area contributed by atoms with Gasteiger partial charge in [0.1, 0.15) is 31.7 Å². The summed E-state index contributed by atoms with van der Waals surface area (Å²) < 4.78 is 230. The minimum atomic E-state index is -4.71. The predicted octanol–water partition coefficient (Wildman–Crippen LogP) is 18.6. The molecule has 0 saturated carbocycles. The summed E-state index contributed by atoms with van der Waals surface area (Å²) in [6.07, 6.45) is -20.8. The molecule has 1 aliphatic heterocycles. The van der Waals surface area contributed by atoms with Crippen LogP contribution in [0.3, 0.4) is 0 Å². The van der Waals surface area contributed by atoms with Gasteiger partial charge in [-0.05, 0) is 59.7 Å². The molecule has 0 saturated heterocycles. The quantitative estimate of drug-likeness (QED) is 0.0470. The molecular formula is C57H49F18N9O4S6. The number of nitrogens with zero attached hydrogens (tertiary/aromatic N) is 4. The first-order valence-corrected chi connectivity index (χ1v) is 32.0. The molecule has 7 aromatic rings. The lowest BCUT2D eigenvalue weighted by Crippen LogP contribution is -2.27. The number of amides is 2. The average molecular weight is 1460 g/mol. The van der Waals surface area contributed by atoms with Gasteiger partial charge in [0, 0.05) is 67.2 Å². The number of pyridine rings is 3. The number of halogens is 18. The third-order valence-corrected chi connectivity index (χ3v) is 19.9. The molecule has 5 aromatic heterocycles. The van der Waals surface area contributed by atoms with Gasteiger partial charge in [0.05, 0.1) is 69.4 Å². The molecule has 2 amide bonds. The van der Waals surface area contributed by atoms with Gasteiger partial charge < -0.3 is 37.4 Å². The van der Waals surface area contributed by atoms with Crippen molar-refractivity contribution in [2.75, 3.05) is 70.7 Å². The summed E-state index contributed by atoms with van der Waals surface area (Å²) in [5, 5.41) is 17.3. The standard InChI is InChI=1S/2C19H15F6N3OS2.C12H11F3O2S2.C7H8F3N3/c1-3-30-15-10-5-4-9(18(20,21)22)6-13(10)31-16(15)17(29)28(2)12-8-27-14(7-11(12)26)19(23,24)25;1-3-30-15-10-5-4-9(18(20,21)22)6-13(10)31-16(15)17(29)28-11-7-14(19(23,24)25)27-8-12(11)26-2;1-2-18-9-7-4-3-6(12(13,14)15)5-8(7)19-10(9)11(16)17;1-12-5-3-13-6(2-4(5)11)7(8,9)10/h4-8H,3H2,1-2H3,(H2,26,27);4-8,26H,3H2,1-2H3,(H,27,28,29);3-5,7-8H,2H2,1H3,(H,16,17);2-3,12H,1H3,(H2,11,13). The van der Waals surface area contributed by atoms with E-state index in [4.69, 9.17) is 16.6 Å². The van der Waals surface area contributed by atoms with E-state index in [2.05, 4.69) is 30.9 Å². The van der Waals surface area contributed by atoms with Gasteiger partial charge in [-0.15, -0.1) is 69.7 Å². The molecule has 0 fully saturated rings. The van der Waals surface area contributed by atoms with E-state index in [9.17, 15) is 93.4 Å². The third kappa shape index (κ3) is 18.4. The summed E-state index contributed by atoms with van der Waals surface area (Å²) in [7, 11) is 4.33. The Balaban J connectivity index is 0.000000209. The Morgan fingerprint density at radius 2 is 1.04 bits per heavy atom. The van der Waals surface area contributed by atoms with Crippen LogP contribution in [0.4, 0.5) is 113 Å². The SMILES string of the molecule is CCSC1=C(C(=O)O)SC2C=C(C(F)(F)F)C=CC12.CCSc1c(C(=O)N(C)c2cnc(C(F)(F)F)cc2N)sc2cc(C(F)(F)F)ccc12.CCSc1c(C(=O)Nc2cc(C(F)(F)F)ncc2NC)sc2cc(C(F)(F)F)ccc12.CNc1cnc(C(F)(F)F)cc1N. The van der Waals surface area contributed by atoms with Gasteiger partial charge in [-0.3, -0.25) is 9.59 Å². The van der Waals surface area contributed by atoms with Crippen LogP contribution >= 0.6 is 69.7 Å². The Morgan fingerprint density at radius 1 is 0.585 bits per heavy atom. The first-order valence-electron chi connectivity index (χ1n) is 26.5. The number of fused-ring (bicyclic) bond motifs is 3. The van der Waals surface area contributed by atoms with Crippen molar-refractivity contribution in [3.05, 3.63) is 145 Å². The lowest BCUT2D eigenvalue weighted by atomic mass is 9.95. The van der Waals surface area contributed by atoms with E-state index in [0.717, 1.165) is 100 Å². The van der Waals surface area contributed by atoms with Crippen LogP contribution in [0.5, 0.6) is 0 Å². The lowest BCUT2D eigenvalue weighted by molar-refractivity contribution is -0.141. The number of aromatic nitrogens is 3. The van der Waals surface area contributed by atoms with Crippen LogP contribution in [0.25, 0.3) is 20.2 Å². The Morgan fingerprint density at radius 3 is 1.48 bits per heavy atom. The normalized spacial score (nSPS) is 15.0. The number of aliphatic carboxylic acids is 1. The number of carbonyl (C=O) groups excluding carboxylic acids is 2. The zero-order valence-electron chi connectivity index (χ0n) is 48.8. The molecule has 6 heterocycles. The van der Waals surface area contributed by atoms with Crippen molar-refractivity contribution < 1.29 is 98.5 Å². The molecule has 37 heteroatoms. The highest BCUT2D eigenvalue weighted by Crippen LogP contribution is 2.52. The van der Waals surface area contributed by atoms with E-state index in [1.807, 2.05) is 20.8 Å². The number of anilines is 6. The van der Waals surface area contributed by atoms with Gasteiger partial charge >= 0.3 is 43.0 Å². The summed E-state index contributed by atoms with van der Waals surface area (Å²) in [6.45, 7) is 5.53. The van der Waals surface area contributed by atoms with E-state index in [1.54, 1.807) is 7.05 Å². The molecule has 8 N–H and O–H groups in total. The van der Waals surface area contributed by atoms with Gasteiger partial charge in [-0.1, -0.05) is 51.1 Å². The molecule has 2 atom stereocenters. The summed E-state index contributed by atoms with van der Waals surface area (Å²) in [6, 6.07) is 8.57. The zero-order chi connectivity index (χ0) is 70.4. The fourth-order valence-corrected chi connectivity index (χ4v) is 15.6. The lowest BCUT2D eigenvalue weighted by Gasteiger charge is -2.21. The van der Waals surface area contributed by atoms with Crippen molar-refractivity contribution in [1.82, 2.24) is 15.0 Å². The van der Waals surface area contributed by atoms with Crippen LogP contribution in [0.15, 0.2) is 117 Å². The van der Waals surface area contributed by atoms with E-state index in [0.29, 0.717) is 60.5 Å². The number of hydrogen-bond acceptors (Lipinski definition) is 16. The Bertz CT molecular complexity index is 4030. The molecule has 2 aliphatic rings. The van der Waals surface area contributed by atoms with E-state index in [-0.39, 0.29) is 58.4 Å². The Labute approximate surface area is 546 Å². The third-order valence-electron chi connectivity index (χ3n) is 12.8. The minimum absolute atomic E-state index is 0.0322. The number of thioether (sulfide) groups is 4. The number of rotatable bonds is 13. The van der Waals surface area contributed by atoms with Crippen molar-refractivity contribution in [3.63, 3.8) is 0 Å². The first-order chi connectivity index (χ1) is 43.6.